The molecular formula is C14H19N3O. The van der Waals surface area contributed by atoms with Gasteiger partial charge >= 0.3 is 0 Å². The molecule has 4 nitrogen and oxygen atoms in total. The molecule has 1 unspecified atom stereocenters. The molecule has 0 aliphatic carbocycles. The second-order valence-corrected chi connectivity index (χ2v) is 4.99. The van der Waals surface area contributed by atoms with Crippen molar-refractivity contribution in [1.29, 1.82) is 5.26 Å². The highest BCUT2D eigenvalue weighted by atomic mass is 16.2. The molecule has 0 heterocycles. The van der Waals surface area contributed by atoms with Crippen LogP contribution in [0.25, 0.3) is 0 Å². The smallest absolute Gasteiger partial charge is 0.230 e. The number of rotatable bonds is 4. The Morgan fingerprint density at radius 3 is 2.50 bits per heavy atom. The zero-order valence-electron chi connectivity index (χ0n) is 11.0. The van der Waals surface area contributed by atoms with Crippen LogP contribution >= 0.6 is 0 Å². The standard InChI is InChI=1S/C14H19N3O/c1-10(8-15)9-17-13(18)14(2,3)11-4-6-12(16)7-5-11/h4-7,10H,9,16H2,1-3H3,(H,17,18). The van der Waals surface area contributed by atoms with Crippen LogP contribution in [0.15, 0.2) is 24.3 Å². The summed E-state index contributed by atoms with van der Waals surface area (Å²) in [7, 11) is 0. The van der Waals surface area contributed by atoms with E-state index in [9.17, 15) is 4.79 Å². The van der Waals surface area contributed by atoms with E-state index in [1.165, 1.54) is 0 Å². The number of hydrogen-bond donors (Lipinski definition) is 2. The van der Waals surface area contributed by atoms with Crippen LogP contribution in [0.3, 0.4) is 0 Å². The number of nitrogens with zero attached hydrogens (tertiary/aromatic N) is 1. The predicted molar refractivity (Wildman–Crippen MR) is 71.7 cm³/mol. The van der Waals surface area contributed by atoms with Crippen LogP contribution in [0.1, 0.15) is 26.3 Å². The van der Waals surface area contributed by atoms with E-state index in [1.807, 2.05) is 26.0 Å². The molecule has 1 atom stereocenters. The third-order valence-electron chi connectivity index (χ3n) is 2.99. The lowest BCUT2D eigenvalue weighted by Gasteiger charge is -2.24. The summed E-state index contributed by atoms with van der Waals surface area (Å²) in [5, 5.41) is 11.5. The molecule has 1 amide bonds. The number of hydrogen-bond acceptors (Lipinski definition) is 3. The molecule has 3 N–H and O–H groups in total. The quantitative estimate of drug-likeness (QED) is 0.794. The number of amides is 1. The fourth-order valence-electron chi connectivity index (χ4n) is 1.54. The molecule has 0 bridgehead atoms. The van der Waals surface area contributed by atoms with E-state index in [0.717, 1.165) is 5.56 Å². The highest BCUT2D eigenvalue weighted by Gasteiger charge is 2.29. The van der Waals surface area contributed by atoms with E-state index in [2.05, 4.69) is 11.4 Å². The maximum absolute atomic E-state index is 12.1. The van der Waals surface area contributed by atoms with E-state index in [4.69, 9.17) is 11.0 Å². The van der Waals surface area contributed by atoms with Crippen LogP contribution in [-0.2, 0) is 10.2 Å². The van der Waals surface area contributed by atoms with Crippen LogP contribution in [0, 0.1) is 17.2 Å². The number of carbonyl (C=O) groups is 1. The second-order valence-electron chi connectivity index (χ2n) is 4.99. The van der Waals surface area contributed by atoms with Crippen molar-refractivity contribution in [2.45, 2.75) is 26.2 Å². The van der Waals surface area contributed by atoms with Gasteiger partial charge in [-0.3, -0.25) is 4.79 Å². The fourth-order valence-corrected chi connectivity index (χ4v) is 1.54. The molecule has 1 aromatic carbocycles. The number of nitrogen functional groups attached to an aromatic ring is 1. The third kappa shape index (κ3) is 3.24. The lowest BCUT2D eigenvalue weighted by molar-refractivity contribution is -0.125. The zero-order valence-corrected chi connectivity index (χ0v) is 11.0. The summed E-state index contributed by atoms with van der Waals surface area (Å²) in [6.07, 6.45) is 0. The van der Waals surface area contributed by atoms with Crippen LogP contribution in [0.2, 0.25) is 0 Å². The van der Waals surface area contributed by atoms with Gasteiger partial charge in [-0.05, 0) is 38.5 Å². The topological polar surface area (TPSA) is 78.9 Å². The molecule has 0 radical (unpaired) electrons. The fraction of sp³-hybridized carbons (Fsp3) is 0.429. The summed E-state index contributed by atoms with van der Waals surface area (Å²) in [6, 6.07) is 9.35. The van der Waals surface area contributed by atoms with E-state index in [0.29, 0.717) is 12.2 Å². The van der Waals surface area contributed by atoms with E-state index < -0.39 is 5.41 Å². The maximum Gasteiger partial charge on any atom is 0.230 e. The van der Waals surface area contributed by atoms with Crippen LogP contribution in [0.5, 0.6) is 0 Å². The number of nitriles is 1. The molecule has 96 valence electrons. The molecule has 4 heteroatoms. The van der Waals surface area contributed by atoms with Crippen molar-refractivity contribution in [1.82, 2.24) is 5.32 Å². The molecule has 1 aromatic rings. The molecule has 0 fully saturated rings. The Morgan fingerprint density at radius 1 is 1.44 bits per heavy atom. The van der Waals surface area contributed by atoms with Crippen molar-refractivity contribution < 1.29 is 4.79 Å². The first kappa shape index (κ1) is 14.0. The number of anilines is 1. The summed E-state index contributed by atoms with van der Waals surface area (Å²) in [5.74, 6) is -0.273. The first-order chi connectivity index (χ1) is 8.37. The molecule has 0 aromatic heterocycles. The first-order valence-electron chi connectivity index (χ1n) is 5.92. The molecular weight excluding hydrogens is 226 g/mol. The number of carbonyl (C=O) groups excluding carboxylic acids is 1. The van der Waals surface area contributed by atoms with Gasteiger partial charge in [0.15, 0.2) is 0 Å². The zero-order chi connectivity index (χ0) is 13.8. The van der Waals surface area contributed by atoms with Gasteiger partial charge in [0.25, 0.3) is 0 Å². The molecule has 18 heavy (non-hydrogen) atoms. The second kappa shape index (κ2) is 5.54. The molecule has 0 saturated carbocycles. The van der Waals surface area contributed by atoms with Crippen molar-refractivity contribution >= 4 is 11.6 Å². The van der Waals surface area contributed by atoms with Gasteiger partial charge in [-0.15, -0.1) is 0 Å². The Labute approximate surface area is 108 Å². The highest BCUT2D eigenvalue weighted by Crippen LogP contribution is 2.24. The van der Waals surface area contributed by atoms with Crippen molar-refractivity contribution in [2.75, 3.05) is 12.3 Å². The minimum atomic E-state index is -0.636. The highest BCUT2D eigenvalue weighted by molar-refractivity contribution is 5.87. The van der Waals surface area contributed by atoms with Crippen LogP contribution in [0.4, 0.5) is 5.69 Å². The van der Waals surface area contributed by atoms with Gasteiger partial charge in [0.2, 0.25) is 5.91 Å². The van der Waals surface area contributed by atoms with Gasteiger partial charge in [-0.1, -0.05) is 12.1 Å². The number of nitrogens with two attached hydrogens (primary N) is 1. The summed E-state index contributed by atoms with van der Waals surface area (Å²) in [4.78, 5) is 12.1. The normalized spacial score (nSPS) is 12.6. The van der Waals surface area contributed by atoms with Gasteiger partial charge in [0.1, 0.15) is 0 Å². The Kier molecular flexibility index (Phi) is 4.33. The molecule has 0 spiro atoms. The molecule has 0 aliphatic heterocycles. The average molecular weight is 245 g/mol. The minimum absolute atomic E-state index is 0.0885. The van der Waals surface area contributed by atoms with Crippen LogP contribution in [-0.4, -0.2) is 12.5 Å². The number of benzene rings is 1. The van der Waals surface area contributed by atoms with Crippen molar-refractivity contribution in [3.8, 4) is 6.07 Å². The molecule has 0 saturated heterocycles. The van der Waals surface area contributed by atoms with E-state index in [1.54, 1.807) is 19.1 Å². The van der Waals surface area contributed by atoms with Crippen LogP contribution < -0.4 is 11.1 Å². The monoisotopic (exact) mass is 245 g/mol. The third-order valence-corrected chi connectivity index (χ3v) is 2.99. The summed E-state index contributed by atoms with van der Waals surface area (Å²) in [5.41, 5.74) is 6.57. The lowest BCUT2D eigenvalue weighted by atomic mass is 9.83. The minimum Gasteiger partial charge on any atom is -0.399 e. The Morgan fingerprint density at radius 2 is 2.00 bits per heavy atom. The van der Waals surface area contributed by atoms with Gasteiger partial charge in [0.05, 0.1) is 17.4 Å². The van der Waals surface area contributed by atoms with E-state index >= 15 is 0 Å². The lowest BCUT2D eigenvalue weighted by Crippen LogP contribution is -2.41. The Bertz CT molecular complexity index is 457. The predicted octanol–water partition coefficient (Wildman–Crippen LogP) is 1.82. The Hall–Kier alpha value is -2.02. The van der Waals surface area contributed by atoms with Gasteiger partial charge in [0, 0.05) is 12.2 Å². The Balaban J connectivity index is 2.77. The van der Waals surface area contributed by atoms with Crippen molar-refractivity contribution in [3.05, 3.63) is 29.8 Å². The largest absolute Gasteiger partial charge is 0.399 e. The number of nitrogens with one attached hydrogen (secondary N) is 1. The molecule has 1 rings (SSSR count). The summed E-state index contributed by atoms with van der Waals surface area (Å²) >= 11 is 0. The van der Waals surface area contributed by atoms with Crippen molar-refractivity contribution in [2.24, 2.45) is 5.92 Å². The van der Waals surface area contributed by atoms with Crippen molar-refractivity contribution in [3.63, 3.8) is 0 Å². The summed E-state index contributed by atoms with van der Waals surface area (Å²) < 4.78 is 0. The van der Waals surface area contributed by atoms with Gasteiger partial charge in [-0.2, -0.15) is 5.26 Å². The van der Waals surface area contributed by atoms with Gasteiger partial charge in [-0.25, -0.2) is 0 Å². The maximum atomic E-state index is 12.1. The first-order valence-corrected chi connectivity index (χ1v) is 5.92. The van der Waals surface area contributed by atoms with Gasteiger partial charge < -0.3 is 11.1 Å². The van der Waals surface area contributed by atoms with E-state index in [-0.39, 0.29) is 11.8 Å². The SMILES string of the molecule is CC(C#N)CNC(=O)C(C)(C)c1ccc(N)cc1. The summed E-state index contributed by atoms with van der Waals surface area (Å²) in [6.45, 7) is 5.85. The average Bonchev–Trinajstić information content (AvgIpc) is 2.35. The molecule has 0 aliphatic rings.